The summed E-state index contributed by atoms with van der Waals surface area (Å²) in [4.78, 5) is 2.63. The topological polar surface area (TPSA) is 29.3 Å². The normalized spacial score (nSPS) is 23.6. The van der Waals surface area contributed by atoms with Crippen molar-refractivity contribution in [1.29, 1.82) is 0 Å². The van der Waals surface area contributed by atoms with Crippen molar-refractivity contribution in [2.45, 2.75) is 46.5 Å². The molecular formula is C13H28N2. The van der Waals surface area contributed by atoms with Crippen LogP contribution in [0.3, 0.4) is 0 Å². The van der Waals surface area contributed by atoms with Crippen LogP contribution in [0.2, 0.25) is 0 Å². The molecule has 1 fully saturated rings. The van der Waals surface area contributed by atoms with E-state index in [0.29, 0.717) is 5.41 Å². The van der Waals surface area contributed by atoms with Gasteiger partial charge in [0, 0.05) is 6.54 Å². The highest BCUT2D eigenvalue weighted by molar-refractivity contribution is 4.83. The molecule has 1 saturated heterocycles. The van der Waals surface area contributed by atoms with Crippen molar-refractivity contribution < 1.29 is 0 Å². The molecule has 90 valence electrons. The fraction of sp³-hybridized carbons (Fsp3) is 1.00. The molecule has 1 unspecified atom stereocenters. The highest BCUT2D eigenvalue weighted by Gasteiger charge is 2.31. The van der Waals surface area contributed by atoms with Gasteiger partial charge in [-0.1, -0.05) is 27.2 Å². The zero-order chi connectivity index (χ0) is 11.3. The average Bonchev–Trinajstić information content (AvgIpc) is 2.60. The third-order valence-electron chi connectivity index (χ3n) is 3.68. The Morgan fingerprint density at radius 2 is 1.93 bits per heavy atom. The van der Waals surface area contributed by atoms with Gasteiger partial charge in [0.05, 0.1) is 0 Å². The van der Waals surface area contributed by atoms with Gasteiger partial charge in [-0.2, -0.15) is 0 Å². The van der Waals surface area contributed by atoms with Gasteiger partial charge in [0.1, 0.15) is 0 Å². The lowest BCUT2D eigenvalue weighted by Gasteiger charge is -2.27. The molecule has 0 aromatic heterocycles. The first-order chi connectivity index (χ1) is 7.04. The number of nitrogens with zero attached hydrogens (tertiary/aromatic N) is 1. The van der Waals surface area contributed by atoms with E-state index in [9.17, 15) is 0 Å². The number of hydrogen-bond donors (Lipinski definition) is 1. The summed E-state index contributed by atoms with van der Waals surface area (Å²) >= 11 is 0. The van der Waals surface area contributed by atoms with Crippen molar-refractivity contribution in [2.24, 2.45) is 17.1 Å². The van der Waals surface area contributed by atoms with Crippen LogP contribution in [0, 0.1) is 11.3 Å². The van der Waals surface area contributed by atoms with Gasteiger partial charge in [-0.3, -0.25) is 0 Å². The summed E-state index contributed by atoms with van der Waals surface area (Å²) in [5.74, 6) is 0.895. The van der Waals surface area contributed by atoms with E-state index in [1.165, 1.54) is 45.3 Å². The molecular weight excluding hydrogens is 184 g/mol. The molecule has 1 atom stereocenters. The first-order valence-corrected chi connectivity index (χ1v) is 6.46. The number of nitrogens with two attached hydrogens (primary N) is 1. The van der Waals surface area contributed by atoms with Gasteiger partial charge in [-0.25, -0.2) is 0 Å². The molecule has 0 spiro atoms. The molecule has 0 amide bonds. The van der Waals surface area contributed by atoms with Crippen molar-refractivity contribution >= 4 is 0 Å². The van der Waals surface area contributed by atoms with E-state index >= 15 is 0 Å². The van der Waals surface area contributed by atoms with Crippen LogP contribution in [0.4, 0.5) is 0 Å². The number of rotatable bonds is 5. The predicted octanol–water partition coefficient (Wildman–Crippen LogP) is 2.48. The van der Waals surface area contributed by atoms with Gasteiger partial charge in [0.25, 0.3) is 0 Å². The van der Waals surface area contributed by atoms with Crippen molar-refractivity contribution in [3.05, 3.63) is 0 Å². The van der Waals surface area contributed by atoms with Crippen LogP contribution in [-0.2, 0) is 0 Å². The molecule has 1 aliphatic heterocycles. The smallest absolute Gasteiger partial charge is 0.00151 e. The Labute approximate surface area is 95.2 Å². The maximum Gasteiger partial charge on any atom is 0.00151 e. The van der Waals surface area contributed by atoms with Crippen LogP contribution in [0.15, 0.2) is 0 Å². The van der Waals surface area contributed by atoms with Crippen molar-refractivity contribution in [1.82, 2.24) is 4.90 Å². The Bertz CT molecular complexity index is 172. The number of likely N-dealkylation sites (tertiary alicyclic amines) is 1. The quantitative estimate of drug-likeness (QED) is 0.709. The Balaban J connectivity index is 2.14. The zero-order valence-corrected chi connectivity index (χ0v) is 10.8. The molecule has 1 aliphatic rings. The maximum absolute atomic E-state index is 5.49. The lowest BCUT2D eigenvalue weighted by molar-refractivity contribution is 0.227. The summed E-state index contributed by atoms with van der Waals surface area (Å²) in [6, 6.07) is 0. The first-order valence-electron chi connectivity index (χ1n) is 6.46. The van der Waals surface area contributed by atoms with Crippen molar-refractivity contribution in [3.63, 3.8) is 0 Å². The molecule has 1 rings (SSSR count). The van der Waals surface area contributed by atoms with Crippen LogP contribution in [0.25, 0.3) is 0 Å². The molecule has 0 aromatic rings. The predicted molar refractivity (Wildman–Crippen MR) is 66.9 cm³/mol. The van der Waals surface area contributed by atoms with Crippen LogP contribution < -0.4 is 5.73 Å². The van der Waals surface area contributed by atoms with Crippen LogP contribution in [0.5, 0.6) is 0 Å². The Morgan fingerprint density at radius 1 is 1.20 bits per heavy atom. The van der Waals surface area contributed by atoms with Gasteiger partial charge >= 0.3 is 0 Å². The Morgan fingerprint density at radius 3 is 2.47 bits per heavy atom. The lowest BCUT2D eigenvalue weighted by Crippen LogP contribution is -2.26. The molecule has 0 radical (unpaired) electrons. The summed E-state index contributed by atoms with van der Waals surface area (Å²) < 4.78 is 0. The van der Waals surface area contributed by atoms with E-state index in [1.54, 1.807) is 0 Å². The highest BCUT2D eigenvalue weighted by Crippen LogP contribution is 2.33. The molecule has 0 saturated carbocycles. The van der Waals surface area contributed by atoms with Crippen LogP contribution in [-0.4, -0.2) is 31.1 Å². The minimum Gasteiger partial charge on any atom is -0.330 e. The minimum atomic E-state index is 0.492. The van der Waals surface area contributed by atoms with Gasteiger partial charge in [0.15, 0.2) is 0 Å². The van der Waals surface area contributed by atoms with E-state index in [1.807, 2.05) is 0 Å². The average molecular weight is 212 g/mol. The summed E-state index contributed by atoms with van der Waals surface area (Å²) in [5, 5.41) is 0. The zero-order valence-electron chi connectivity index (χ0n) is 10.8. The van der Waals surface area contributed by atoms with E-state index in [2.05, 4.69) is 25.7 Å². The largest absolute Gasteiger partial charge is 0.330 e. The third-order valence-corrected chi connectivity index (χ3v) is 3.68. The maximum atomic E-state index is 5.49. The highest BCUT2D eigenvalue weighted by atomic mass is 15.1. The number of unbranched alkanes of at least 4 members (excludes halogenated alkanes) is 2. The lowest BCUT2D eigenvalue weighted by atomic mass is 9.80. The summed E-state index contributed by atoms with van der Waals surface area (Å²) in [5.41, 5.74) is 5.98. The minimum absolute atomic E-state index is 0.492. The number of hydrogen-bond acceptors (Lipinski definition) is 2. The van der Waals surface area contributed by atoms with E-state index in [0.717, 1.165) is 12.5 Å². The standard InChI is InChI=1S/C13H28N2/c1-13(2,3)12-7-10-15(11-12)9-6-4-5-8-14/h12H,4-11,14H2,1-3H3. The molecule has 15 heavy (non-hydrogen) atoms. The van der Waals surface area contributed by atoms with E-state index in [4.69, 9.17) is 5.73 Å². The third kappa shape index (κ3) is 4.52. The molecule has 2 nitrogen and oxygen atoms in total. The molecule has 2 N–H and O–H groups in total. The van der Waals surface area contributed by atoms with Crippen LogP contribution >= 0.6 is 0 Å². The van der Waals surface area contributed by atoms with Gasteiger partial charge in [0.2, 0.25) is 0 Å². The second kappa shape index (κ2) is 5.86. The molecule has 1 heterocycles. The first kappa shape index (κ1) is 13.0. The van der Waals surface area contributed by atoms with Crippen LogP contribution in [0.1, 0.15) is 46.5 Å². The Kier molecular flexibility index (Phi) is 5.07. The SMILES string of the molecule is CC(C)(C)C1CCN(CCCCCN)C1. The summed E-state index contributed by atoms with van der Waals surface area (Å²) in [6.45, 7) is 11.9. The molecule has 0 aliphatic carbocycles. The molecule has 0 bridgehead atoms. The Hall–Kier alpha value is -0.0800. The summed E-state index contributed by atoms with van der Waals surface area (Å²) in [6.07, 6.45) is 5.21. The fourth-order valence-corrected chi connectivity index (χ4v) is 2.40. The molecule has 0 aromatic carbocycles. The summed E-state index contributed by atoms with van der Waals surface area (Å²) in [7, 11) is 0. The monoisotopic (exact) mass is 212 g/mol. The van der Waals surface area contributed by atoms with Gasteiger partial charge < -0.3 is 10.6 Å². The van der Waals surface area contributed by atoms with Gasteiger partial charge in [-0.05, 0) is 50.2 Å². The molecule has 2 heteroatoms. The second-order valence-corrected chi connectivity index (χ2v) is 6.00. The van der Waals surface area contributed by atoms with E-state index in [-0.39, 0.29) is 0 Å². The fourth-order valence-electron chi connectivity index (χ4n) is 2.40. The second-order valence-electron chi connectivity index (χ2n) is 6.00. The van der Waals surface area contributed by atoms with Crippen molar-refractivity contribution in [3.8, 4) is 0 Å². The van der Waals surface area contributed by atoms with Gasteiger partial charge in [-0.15, -0.1) is 0 Å². The van der Waals surface area contributed by atoms with E-state index < -0.39 is 0 Å². The van der Waals surface area contributed by atoms with Crippen molar-refractivity contribution in [2.75, 3.05) is 26.2 Å².